The number of allylic oxidation sites excluding steroid dienone is 2. The van der Waals surface area contributed by atoms with Crippen molar-refractivity contribution in [1.29, 1.82) is 0 Å². The molecule has 0 amide bonds. The van der Waals surface area contributed by atoms with Crippen molar-refractivity contribution in [2.75, 3.05) is 11.1 Å². The lowest BCUT2D eigenvalue weighted by Gasteiger charge is -2.32. The lowest BCUT2D eigenvalue weighted by Crippen LogP contribution is -2.32. The lowest BCUT2D eigenvalue weighted by molar-refractivity contribution is -0.116. The first-order chi connectivity index (χ1) is 13.7. The molecule has 1 atom stereocenters. The SMILES string of the molecule is CCCCCCSc1nc2n(n1)[C@H](c1ccccc1F)C1=C(CCCC1=O)N2. The summed E-state index contributed by atoms with van der Waals surface area (Å²) in [5.74, 6) is 1.30. The quantitative estimate of drug-likeness (QED) is 0.517. The third-order valence-corrected chi connectivity index (χ3v) is 6.20. The van der Waals surface area contributed by atoms with E-state index in [1.807, 2.05) is 0 Å². The van der Waals surface area contributed by atoms with Crippen LogP contribution in [-0.4, -0.2) is 26.3 Å². The number of halogens is 1. The standard InChI is InChI=1S/C21H25FN4OS/c1-2-3-4-7-13-28-21-24-20-23-16-11-8-12-17(27)18(16)19(26(20)25-21)14-9-5-6-10-15(14)22/h5-6,9-10,19H,2-4,7-8,11-13H2,1H3,(H,23,24,25)/t19-/m1/s1. The molecule has 148 valence electrons. The first-order valence-electron chi connectivity index (χ1n) is 10.1. The summed E-state index contributed by atoms with van der Waals surface area (Å²) in [7, 11) is 0. The largest absolute Gasteiger partial charge is 0.328 e. The van der Waals surface area contributed by atoms with Gasteiger partial charge in [-0.25, -0.2) is 9.07 Å². The third kappa shape index (κ3) is 3.72. The molecule has 4 rings (SSSR count). The number of fused-ring (bicyclic) bond motifs is 1. The van der Waals surface area contributed by atoms with E-state index in [0.717, 1.165) is 30.7 Å². The highest BCUT2D eigenvalue weighted by Crippen LogP contribution is 2.41. The lowest BCUT2D eigenvalue weighted by atomic mass is 9.85. The Morgan fingerprint density at radius 3 is 2.93 bits per heavy atom. The molecule has 2 aromatic rings. The molecule has 1 aromatic heterocycles. The van der Waals surface area contributed by atoms with E-state index in [-0.39, 0.29) is 11.6 Å². The molecule has 5 nitrogen and oxygen atoms in total. The molecule has 1 aliphatic heterocycles. The van der Waals surface area contributed by atoms with Crippen LogP contribution >= 0.6 is 11.8 Å². The molecule has 0 radical (unpaired) electrons. The summed E-state index contributed by atoms with van der Waals surface area (Å²) < 4.78 is 16.4. The Kier molecular flexibility index (Phi) is 5.80. The minimum absolute atomic E-state index is 0.0666. The van der Waals surface area contributed by atoms with Crippen molar-refractivity contribution in [3.63, 3.8) is 0 Å². The van der Waals surface area contributed by atoms with E-state index < -0.39 is 6.04 Å². The minimum Gasteiger partial charge on any atom is -0.328 e. The van der Waals surface area contributed by atoms with Crippen molar-refractivity contribution in [1.82, 2.24) is 14.8 Å². The van der Waals surface area contributed by atoms with E-state index in [9.17, 15) is 9.18 Å². The van der Waals surface area contributed by atoms with Crippen molar-refractivity contribution in [3.8, 4) is 0 Å². The van der Waals surface area contributed by atoms with Gasteiger partial charge in [-0.15, -0.1) is 5.10 Å². The molecule has 1 aromatic carbocycles. The van der Waals surface area contributed by atoms with Crippen LogP contribution in [0.2, 0.25) is 0 Å². The second-order valence-electron chi connectivity index (χ2n) is 7.29. The number of anilines is 1. The van der Waals surface area contributed by atoms with E-state index in [2.05, 4.69) is 22.3 Å². The first-order valence-corrected chi connectivity index (χ1v) is 11.0. The molecule has 0 bridgehead atoms. The van der Waals surface area contributed by atoms with Crippen LogP contribution in [-0.2, 0) is 4.79 Å². The first kappa shape index (κ1) is 19.2. The monoisotopic (exact) mass is 400 g/mol. The van der Waals surface area contributed by atoms with Gasteiger partial charge in [-0.2, -0.15) is 4.98 Å². The van der Waals surface area contributed by atoms with Gasteiger partial charge in [0.15, 0.2) is 5.78 Å². The summed E-state index contributed by atoms with van der Waals surface area (Å²) in [4.78, 5) is 17.4. The number of carbonyl (C=O) groups excluding carboxylic acids is 1. The predicted molar refractivity (Wildman–Crippen MR) is 109 cm³/mol. The van der Waals surface area contributed by atoms with Crippen LogP contribution in [0.5, 0.6) is 0 Å². The molecule has 1 N–H and O–H groups in total. The summed E-state index contributed by atoms with van der Waals surface area (Å²) in [5.41, 5.74) is 1.97. The van der Waals surface area contributed by atoms with E-state index in [1.165, 1.54) is 25.3 Å². The molecule has 2 heterocycles. The molecule has 0 spiro atoms. The number of hydrogen-bond acceptors (Lipinski definition) is 5. The van der Waals surface area contributed by atoms with Gasteiger partial charge in [0.05, 0.1) is 0 Å². The number of rotatable bonds is 7. The Labute approximate surface area is 168 Å². The number of nitrogens with one attached hydrogen (secondary N) is 1. The van der Waals surface area contributed by atoms with E-state index in [0.29, 0.717) is 28.7 Å². The van der Waals surface area contributed by atoms with Crippen LogP contribution in [0.15, 0.2) is 40.7 Å². The second-order valence-corrected chi connectivity index (χ2v) is 8.35. The molecule has 0 saturated heterocycles. The molecule has 0 fully saturated rings. The van der Waals surface area contributed by atoms with Crippen LogP contribution in [0, 0.1) is 5.82 Å². The normalized spacial score (nSPS) is 18.6. The van der Waals surface area contributed by atoms with Gasteiger partial charge in [0.2, 0.25) is 11.1 Å². The summed E-state index contributed by atoms with van der Waals surface area (Å²) in [5, 5.41) is 8.61. The van der Waals surface area contributed by atoms with Gasteiger partial charge in [0.1, 0.15) is 11.9 Å². The Morgan fingerprint density at radius 2 is 2.11 bits per heavy atom. The van der Waals surface area contributed by atoms with E-state index in [1.54, 1.807) is 34.6 Å². The fraction of sp³-hybridized carbons (Fsp3) is 0.476. The number of carbonyl (C=O) groups is 1. The number of hydrogen-bond donors (Lipinski definition) is 1. The van der Waals surface area contributed by atoms with E-state index >= 15 is 0 Å². The van der Waals surface area contributed by atoms with Gasteiger partial charge in [-0.1, -0.05) is 56.1 Å². The highest BCUT2D eigenvalue weighted by molar-refractivity contribution is 7.99. The van der Waals surface area contributed by atoms with Crippen LogP contribution < -0.4 is 5.32 Å². The maximum Gasteiger partial charge on any atom is 0.227 e. The molecule has 7 heteroatoms. The van der Waals surface area contributed by atoms with Crippen LogP contribution in [0.25, 0.3) is 0 Å². The third-order valence-electron chi connectivity index (χ3n) is 5.28. The minimum atomic E-state index is -0.554. The van der Waals surface area contributed by atoms with Gasteiger partial charge in [-0.3, -0.25) is 4.79 Å². The van der Waals surface area contributed by atoms with Crippen molar-refractivity contribution in [2.24, 2.45) is 0 Å². The average Bonchev–Trinajstić information content (AvgIpc) is 3.09. The van der Waals surface area contributed by atoms with Gasteiger partial charge in [0, 0.05) is 29.0 Å². The van der Waals surface area contributed by atoms with Crippen molar-refractivity contribution < 1.29 is 9.18 Å². The summed E-state index contributed by atoms with van der Waals surface area (Å²) in [6.07, 6.45) is 6.86. The summed E-state index contributed by atoms with van der Waals surface area (Å²) in [6.45, 7) is 2.20. The Bertz CT molecular complexity index is 908. The molecule has 28 heavy (non-hydrogen) atoms. The maximum absolute atomic E-state index is 14.7. The summed E-state index contributed by atoms with van der Waals surface area (Å²) in [6, 6.07) is 6.08. The molecule has 0 saturated carbocycles. The number of aromatic nitrogens is 3. The van der Waals surface area contributed by atoms with Crippen molar-refractivity contribution in [3.05, 3.63) is 46.9 Å². The predicted octanol–water partition coefficient (Wildman–Crippen LogP) is 5.11. The highest BCUT2D eigenvalue weighted by Gasteiger charge is 2.37. The number of nitrogens with zero attached hydrogens (tertiary/aromatic N) is 3. The molecule has 0 unspecified atom stereocenters. The van der Waals surface area contributed by atoms with E-state index in [4.69, 9.17) is 0 Å². The van der Waals surface area contributed by atoms with Gasteiger partial charge < -0.3 is 5.32 Å². The average molecular weight is 401 g/mol. The zero-order valence-corrected chi connectivity index (χ0v) is 16.9. The van der Waals surface area contributed by atoms with Crippen LogP contribution in [0.3, 0.4) is 0 Å². The number of benzene rings is 1. The number of unbranched alkanes of at least 4 members (excludes halogenated alkanes) is 3. The zero-order valence-electron chi connectivity index (χ0n) is 16.1. The molecular weight excluding hydrogens is 375 g/mol. The van der Waals surface area contributed by atoms with Crippen LogP contribution in [0.4, 0.5) is 10.3 Å². The Balaban J connectivity index is 1.66. The molecular formula is C21H25FN4OS. The zero-order chi connectivity index (χ0) is 19.5. The number of ketones is 1. The smallest absolute Gasteiger partial charge is 0.227 e. The maximum atomic E-state index is 14.7. The highest BCUT2D eigenvalue weighted by atomic mass is 32.2. The second kappa shape index (κ2) is 8.47. The fourth-order valence-corrected chi connectivity index (χ4v) is 4.70. The molecule has 1 aliphatic carbocycles. The topological polar surface area (TPSA) is 59.8 Å². The van der Waals surface area contributed by atoms with Gasteiger partial charge in [0.25, 0.3) is 0 Å². The van der Waals surface area contributed by atoms with Crippen LogP contribution in [0.1, 0.15) is 63.5 Å². The van der Waals surface area contributed by atoms with Crippen molar-refractivity contribution >= 4 is 23.5 Å². The van der Waals surface area contributed by atoms with Gasteiger partial charge in [-0.05, 0) is 25.3 Å². The molecule has 2 aliphatic rings. The number of Topliss-reactive ketones (excluding diaryl/α,β-unsaturated/α-hetero) is 1. The number of thioether (sulfide) groups is 1. The van der Waals surface area contributed by atoms with Crippen molar-refractivity contribution in [2.45, 2.75) is 63.1 Å². The Morgan fingerprint density at radius 1 is 1.25 bits per heavy atom. The Hall–Kier alpha value is -2.15. The van der Waals surface area contributed by atoms with Gasteiger partial charge >= 0.3 is 0 Å². The fourth-order valence-electron chi connectivity index (χ4n) is 3.87. The summed E-state index contributed by atoms with van der Waals surface area (Å²) >= 11 is 1.62.